The molecule has 4 aliphatic carbocycles. The molecule has 0 saturated heterocycles. The summed E-state index contributed by atoms with van der Waals surface area (Å²) < 4.78 is 5.23. The van der Waals surface area contributed by atoms with E-state index in [-0.39, 0.29) is 0 Å². The van der Waals surface area contributed by atoms with E-state index < -0.39 is 6.77 Å². The van der Waals surface area contributed by atoms with Crippen molar-refractivity contribution >= 4 is 18.1 Å². The quantitative estimate of drug-likeness (QED) is 0.718. The minimum absolute atomic E-state index is 0.633. The van der Waals surface area contributed by atoms with Gasteiger partial charge >= 0.3 is 0 Å². The summed E-state index contributed by atoms with van der Waals surface area (Å²) in [5.74, 6) is 3.16. The molecule has 0 N–H and O–H groups in total. The van der Waals surface area contributed by atoms with Gasteiger partial charge in [0.05, 0.1) is 11.4 Å². The first-order valence-electron chi connectivity index (χ1n) is 7.74. The topological polar surface area (TPSA) is 6.48 Å². The van der Waals surface area contributed by atoms with E-state index in [1.807, 2.05) is 0 Å². The van der Waals surface area contributed by atoms with Gasteiger partial charge in [-0.05, 0) is 56.3 Å². The largest absolute Gasteiger partial charge is 0.217 e. The highest BCUT2D eigenvalue weighted by atomic mass is 32.7. The van der Waals surface area contributed by atoms with Gasteiger partial charge in [0, 0.05) is 34.4 Å². The molecule has 0 aromatic heterocycles. The summed E-state index contributed by atoms with van der Waals surface area (Å²) in [6.45, 7) is -1.24. The molecular formula is C15H30N2PS+. The van der Waals surface area contributed by atoms with E-state index in [1.54, 1.807) is 19.3 Å². The molecule has 4 rings (SSSR count). The number of hydrogen-bond donors (Lipinski definition) is 0. The van der Waals surface area contributed by atoms with Crippen LogP contribution in [0.25, 0.3) is 0 Å². The lowest BCUT2D eigenvalue weighted by Gasteiger charge is -2.60. The first-order valence-corrected chi connectivity index (χ1v) is 11.3. The van der Waals surface area contributed by atoms with Crippen molar-refractivity contribution in [3.63, 3.8) is 0 Å². The zero-order chi connectivity index (χ0) is 13.8. The Kier molecular flexibility index (Phi) is 3.75. The molecule has 4 fully saturated rings. The first kappa shape index (κ1) is 14.6. The molecule has 4 saturated carbocycles. The molecule has 19 heavy (non-hydrogen) atoms. The maximum Gasteiger partial charge on any atom is 0.217 e. The zero-order valence-corrected chi connectivity index (χ0v) is 14.9. The Bertz CT molecular complexity index is 313. The van der Waals surface area contributed by atoms with Crippen LogP contribution < -0.4 is 0 Å². The highest BCUT2D eigenvalue weighted by molar-refractivity contribution is 8.61. The van der Waals surface area contributed by atoms with Crippen LogP contribution in [-0.2, 0) is 0 Å². The summed E-state index contributed by atoms with van der Waals surface area (Å²) in [5.41, 5.74) is 0. The Balaban J connectivity index is 2.02. The lowest BCUT2D eigenvalue weighted by atomic mass is 9.56. The molecule has 0 aliphatic heterocycles. The SMILES string of the molecule is CS[P+](N(C)C)(N(C)C)C12CC3CC(CC(C3)C1)C2. The summed E-state index contributed by atoms with van der Waals surface area (Å²) in [4.78, 5) is 0. The number of rotatable bonds is 4. The summed E-state index contributed by atoms with van der Waals surface area (Å²) in [5, 5.41) is 0.633. The first-order chi connectivity index (χ1) is 8.93. The lowest BCUT2D eigenvalue weighted by molar-refractivity contribution is 0.0312. The fourth-order valence-electron chi connectivity index (χ4n) is 6.15. The van der Waals surface area contributed by atoms with Crippen LogP contribution in [0.5, 0.6) is 0 Å². The molecule has 4 heteroatoms. The third-order valence-electron chi connectivity index (χ3n) is 5.96. The van der Waals surface area contributed by atoms with Crippen LogP contribution in [0, 0.1) is 17.8 Å². The highest BCUT2D eigenvalue weighted by Crippen LogP contribution is 2.86. The van der Waals surface area contributed by atoms with Gasteiger partial charge in [0.15, 0.2) is 0 Å². The Morgan fingerprint density at radius 2 is 1.21 bits per heavy atom. The molecular weight excluding hydrogens is 271 g/mol. The summed E-state index contributed by atoms with van der Waals surface area (Å²) in [6.07, 6.45) is 11.6. The number of nitrogens with zero attached hydrogens (tertiary/aromatic N) is 2. The van der Waals surface area contributed by atoms with Crippen LogP contribution in [0.2, 0.25) is 0 Å². The number of hydrogen-bond acceptors (Lipinski definition) is 3. The van der Waals surface area contributed by atoms with Crippen molar-refractivity contribution in [2.24, 2.45) is 17.8 Å². The third-order valence-corrected chi connectivity index (χ3v) is 15.1. The molecule has 0 spiro atoms. The van der Waals surface area contributed by atoms with Crippen molar-refractivity contribution in [2.75, 3.05) is 34.4 Å². The Labute approximate surface area is 123 Å². The molecule has 0 aromatic carbocycles. The van der Waals surface area contributed by atoms with Gasteiger partial charge in [-0.25, -0.2) is 0 Å². The molecule has 110 valence electrons. The van der Waals surface area contributed by atoms with Gasteiger partial charge in [-0.1, -0.05) is 0 Å². The summed E-state index contributed by atoms with van der Waals surface area (Å²) in [7, 11) is 9.34. The van der Waals surface area contributed by atoms with Gasteiger partial charge in [0.25, 0.3) is 0 Å². The maximum atomic E-state index is 2.62. The predicted molar refractivity (Wildman–Crippen MR) is 88.7 cm³/mol. The van der Waals surface area contributed by atoms with E-state index in [9.17, 15) is 0 Å². The maximum absolute atomic E-state index is 2.62. The molecule has 0 heterocycles. The average molecular weight is 301 g/mol. The van der Waals surface area contributed by atoms with Crippen LogP contribution in [0.1, 0.15) is 38.5 Å². The van der Waals surface area contributed by atoms with Crippen molar-refractivity contribution in [1.29, 1.82) is 0 Å². The molecule has 0 unspecified atom stereocenters. The minimum Gasteiger partial charge on any atom is -0.159 e. The van der Waals surface area contributed by atoms with Crippen LogP contribution in [0.15, 0.2) is 0 Å². The van der Waals surface area contributed by atoms with E-state index >= 15 is 0 Å². The standard InChI is InChI=1S/C15H30N2PS/c1-16(2)18(19-5,17(3)4)15-9-12-6-13(10-15)8-14(7-12)11-15/h12-14H,6-11H2,1-5H3/q+1. The molecule has 4 aliphatic rings. The summed E-state index contributed by atoms with van der Waals surface area (Å²) in [6, 6.07) is 0. The van der Waals surface area contributed by atoms with Crippen molar-refractivity contribution < 1.29 is 0 Å². The molecule has 0 aromatic rings. The Morgan fingerprint density at radius 3 is 1.47 bits per heavy atom. The van der Waals surface area contributed by atoms with E-state index in [4.69, 9.17) is 0 Å². The second kappa shape index (κ2) is 4.87. The second-order valence-corrected chi connectivity index (χ2v) is 14.2. The van der Waals surface area contributed by atoms with Crippen LogP contribution >= 0.6 is 18.1 Å². The van der Waals surface area contributed by atoms with Gasteiger partial charge in [-0.3, -0.25) is 0 Å². The van der Waals surface area contributed by atoms with E-state index in [0.29, 0.717) is 5.16 Å². The van der Waals surface area contributed by atoms with E-state index in [1.165, 1.54) is 19.3 Å². The Morgan fingerprint density at radius 1 is 0.842 bits per heavy atom. The van der Waals surface area contributed by atoms with Gasteiger partial charge < -0.3 is 0 Å². The molecule has 4 bridgehead atoms. The monoisotopic (exact) mass is 301 g/mol. The van der Waals surface area contributed by atoms with Gasteiger partial charge in [0.2, 0.25) is 6.77 Å². The van der Waals surface area contributed by atoms with Crippen molar-refractivity contribution in [1.82, 2.24) is 9.34 Å². The van der Waals surface area contributed by atoms with Gasteiger partial charge in [-0.2, -0.15) is 9.34 Å². The molecule has 0 radical (unpaired) electrons. The normalized spacial score (nSPS) is 41.5. The second-order valence-electron chi connectivity index (χ2n) is 7.56. The molecule has 0 atom stereocenters. The smallest absolute Gasteiger partial charge is 0.159 e. The predicted octanol–water partition coefficient (Wildman–Crippen LogP) is 4.20. The highest BCUT2D eigenvalue weighted by Gasteiger charge is 2.69. The average Bonchev–Trinajstić information content (AvgIpc) is 2.26. The van der Waals surface area contributed by atoms with Crippen LogP contribution in [0.4, 0.5) is 0 Å². The van der Waals surface area contributed by atoms with E-state index in [0.717, 1.165) is 17.8 Å². The van der Waals surface area contributed by atoms with Crippen molar-refractivity contribution in [3.05, 3.63) is 0 Å². The third kappa shape index (κ3) is 1.95. The van der Waals surface area contributed by atoms with Gasteiger partial charge in [0.1, 0.15) is 5.16 Å². The zero-order valence-electron chi connectivity index (χ0n) is 13.2. The van der Waals surface area contributed by atoms with Crippen molar-refractivity contribution in [2.45, 2.75) is 43.7 Å². The van der Waals surface area contributed by atoms with Gasteiger partial charge in [-0.15, -0.1) is 0 Å². The fraction of sp³-hybridized carbons (Fsp3) is 1.00. The summed E-state index contributed by atoms with van der Waals surface area (Å²) >= 11 is 2.18. The minimum atomic E-state index is -1.24. The molecule has 2 nitrogen and oxygen atoms in total. The van der Waals surface area contributed by atoms with Crippen molar-refractivity contribution in [3.8, 4) is 0 Å². The van der Waals surface area contributed by atoms with Crippen LogP contribution in [0.3, 0.4) is 0 Å². The lowest BCUT2D eigenvalue weighted by Crippen LogP contribution is -2.55. The molecule has 0 amide bonds. The van der Waals surface area contributed by atoms with E-state index in [2.05, 4.69) is 55.2 Å². The Hall–Kier alpha value is 0.700. The fourth-order valence-corrected chi connectivity index (χ4v) is 14.9. The van der Waals surface area contributed by atoms with Crippen LogP contribution in [-0.4, -0.2) is 48.9 Å².